The summed E-state index contributed by atoms with van der Waals surface area (Å²) in [6.07, 6.45) is 1.86. The molecule has 1 heteroatoms. The molecule has 0 N–H and O–H groups in total. The van der Waals surface area contributed by atoms with Crippen LogP contribution >= 0.6 is 0 Å². The van der Waals surface area contributed by atoms with Gasteiger partial charge in [0.15, 0.2) is 0 Å². The van der Waals surface area contributed by atoms with Crippen LogP contribution in [0.15, 0.2) is 16.5 Å². The lowest BCUT2D eigenvalue weighted by atomic mass is 10.3. The zero-order chi connectivity index (χ0) is 6.69. The van der Waals surface area contributed by atoms with E-state index in [1.54, 1.807) is 0 Å². The predicted molar refractivity (Wildman–Crippen MR) is 37.1 cm³/mol. The molecule has 0 aromatic carbocycles. The zero-order valence-corrected chi connectivity index (χ0v) is 5.68. The standard InChI is InChI=1S/C8H11O/c1-3-4-8-6-5-7(2)9-8/h5-6H,1,3-4H2,2H3. The number of furan rings is 1. The molecule has 0 spiro atoms. The molecule has 1 radical (unpaired) electrons. The second-order valence-corrected chi connectivity index (χ2v) is 2.12. The van der Waals surface area contributed by atoms with Crippen molar-refractivity contribution >= 4 is 0 Å². The molecule has 1 nitrogen and oxygen atoms in total. The van der Waals surface area contributed by atoms with Gasteiger partial charge in [-0.15, -0.1) is 0 Å². The van der Waals surface area contributed by atoms with Crippen LogP contribution < -0.4 is 0 Å². The van der Waals surface area contributed by atoms with Crippen LogP contribution in [0.1, 0.15) is 17.9 Å². The van der Waals surface area contributed by atoms with E-state index in [-0.39, 0.29) is 0 Å². The molecule has 0 unspecified atom stereocenters. The monoisotopic (exact) mass is 123 g/mol. The topological polar surface area (TPSA) is 13.1 Å². The van der Waals surface area contributed by atoms with Gasteiger partial charge < -0.3 is 4.42 Å². The number of rotatable bonds is 2. The van der Waals surface area contributed by atoms with Crippen molar-refractivity contribution in [2.24, 2.45) is 0 Å². The Bertz CT molecular complexity index is 176. The maximum Gasteiger partial charge on any atom is 0.104 e. The van der Waals surface area contributed by atoms with E-state index >= 15 is 0 Å². The normalized spacial score (nSPS) is 10.0. The van der Waals surface area contributed by atoms with Crippen LogP contribution in [0.4, 0.5) is 0 Å². The Morgan fingerprint density at radius 3 is 2.78 bits per heavy atom. The van der Waals surface area contributed by atoms with Crippen molar-refractivity contribution in [2.75, 3.05) is 0 Å². The van der Waals surface area contributed by atoms with E-state index in [4.69, 9.17) is 4.42 Å². The van der Waals surface area contributed by atoms with Crippen LogP contribution in [0.5, 0.6) is 0 Å². The molecule has 9 heavy (non-hydrogen) atoms. The predicted octanol–water partition coefficient (Wildman–Crippen LogP) is 2.35. The Labute approximate surface area is 55.7 Å². The van der Waals surface area contributed by atoms with Gasteiger partial charge in [-0.2, -0.15) is 0 Å². The van der Waals surface area contributed by atoms with Crippen molar-refractivity contribution in [3.8, 4) is 0 Å². The van der Waals surface area contributed by atoms with Crippen molar-refractivity contribution < 1.29 is 4.42 Å². The van der Waals surface area contributed by atoms with Gasteiger partial charge >= 0.3 is 0 Å². The molecule has 0 atom stereocenters. The molecule has 1 aromatic rings. The summed E-state index contributed by atoms with van der Waals surface area (Å²) in [6, 6.07) is 3.98. The van der Waals surface area contributed by atoms with Gasteiger partial charge in [-0.1, -0.05) is 6.92 Å². The van der Waals surface area contributed by atoms with E-state index in [2.05, 4.69) is 6.92 Å². The Morgan fingerprint density at radius 2 is 2.33 bits per heavy atom. The first-order valence-corrected chi connectivity index (χ1v) is 3.17. The highest BCUT2D eigenvalue weighted by Gasteiger charge is 1.93. The van der Waals surface area contributed by atoms with Crippen molar-refractivity contribution in [3.05, 3.63) is 30.6 Å². The highest BCUT2D eigenvalue weighted by molar-refractivity contribution is 5.05. The SMILES string of the molecule is [CH2]CCc1ccc(C)o1. The lowest BCUT2D eigenvalue weighted by Crippen LogP contribution is -1.75. The summed E-state index contributed by atoms with van der Waals surface area (Å²) in [5.74, 6) is 2.03. The Balaban J connectivity index is 2.61. The van der Waals surface area contributed by atoms with Crippen molar-refractivity contribution in [2.45, 2.75) is 19.8 Å². The summed E-state index contributed by atoms with van der Waals surface area (Å²) in [7, 11) is 0. The van der Waals surface area contributed by atoms with Crippen molar-refractivity contribution in [1.29, 1.82) is 0 Å². The van der Waals surface area contributed by atoms with E-state index in [0.717, 1.165) is 24.4 Å². The summed E-state index contributed by atoms with van der Waals surface area (Å²) in [6.45, 7) is 5.68. The molecular weight excluding hydrogens is 112 g/mol. The minimum absolute atomic E-state index is 0.910. The van der Waals surface area contributed by atoms with Crippen LogP contribution in [0.25, 0.3) is 0 Å². The van der Waals surface area contributed by atoms with Crippen LogP contribution in [-0.4, -0.2) is 0 Å². The smallest absolute Gasteiger partial charge is 0.104 e. The number of hydrogen-bond acceptors (Lipinski definition) is 1. The second kappa shape index (κ2) is 2.72. The van der Waals surface area contributed by atoms with Crippen molar-refractivity contribution in [3.63, 3.8) is 0 Å². The maximum atomic E-state index is 5.28. The van der Waals surface area contributed by atoms with Gasteiger partial charge in [-0.05, 0) is 25.5 Å². The number of hydrogen-bond donors (Lipinski definition) is 0. The fraction of sp³-hybridized carbons (Fsp3) is 0.375. The summed E-state index contributed by atoms with van der Waals surface area (Å²) >= 11 is 0. The third-order valence-electron chi connectivity index (χ3n) is 1.22. The van der Waals surface area contributed by atoms with Crippen LogP contribution in [0, 0.1) is 13.8 Å². The molecule has 0 saturated heterocycles. The van der Waals surface area contributed by atoms with E-state index in [1.807, 2.05) is 19.1 Å². The summed E-state index contributed by atoms with van der Waals surface area (Å²) in [5, 5.41) is 0. The van der Waals surface area contributed by atoms with E-state index < -0.39 is 0 Å². The average Bonchev–Trinajstić information content (AvgIpc) is 2.17. The molecule has 1 heterocycles. The summed E-state index contributed by atoms with van der Waals surface area (Å²) in [5.41, 5.74) is 0. The minimum atomic E-state index is 0.910. The molecule has 0 aliphatic heterocycles. The maximum absolute atomic E-state index is 5.28. The van der Waals surface area contributed by atoms with Gasteiger partial charge in [-0.25, -0.2) is 0 Å². The molecular formula is C8H11O. The summed E-state index contributed by atoms with van der Waals surface area (Å²) < 4.78 is 5.28. The highest BCUT2D eigenvalue weighted by atomic mass is 16.3. The Kier molecular flexibility index (Phi) is 1.93. The molecule has 0 aliphatic carbocycles. The van der Waals surface area contributed by atoms with E-state index in [1.165, 1.54) is 0 Å². The first-order chi connectivity index (χ1) is 4.33. The summed E-state index contributed by atoms with van der Waals surface area (Å²) in [4.78, 5) is 0. The molecule has 49 valence electrons. The highest BCUT2D eigenvalue weighted by Crippen LogP contribution is 2.07. The number of aryl methyl sites for hydroxylation is 2. The molecule has 0 aliphatic rings. The molecule has 0 bridgehead atoms. The van der Waals surface area contributed by atoms with Crippen molar-refractivity contribution in [1.82, 2.24) is 0 Å². The van der Waals surface area contributed by atoms with Gasteiger partial charge in [-0.3, -0.25) is 0 Å². The third kappa shape index (κ3) is 1.60. The van der Waals surface area contributed by atoms with Crippen LogP contribution in [-0.2, 0) is 6.42 Å². The van der Waals surface area contributed by atoms with Gasteiger partial charge in [0.05, 0.1) is 0 Å². The van der Waals surface area contributed by atoms with Gasteiger partial charge in [0, 0.05) is 6.42 Å². The van der Waals surface area contributed by atoms with Crippen LogP contribution in [0.3, 0.4) is 0 Å². The quantitative estimate of drug-likeness (QED) is 0.588. The fourth-order valence-corrected chi connectivity index (χ4v) is 0.794. The zero-order valence-electron chi connectivity index (χ0n) is 5.68. The second-order valence-electron chi connectivity index (χ2n) is 2.12. The van der Waals surface area contributed by atoms with Gasteiger partial charge in [0.1, 0.15) is 11.5 Å². The molecule has 1 aromatic heterocycles. The largest absolute Gasteiger partial charge is 0.466 e. The Hall–Kier alpha value is -0.720. The molecule has 1 rings (SSSR count). The minimum Gasteiger partial charge on any atom is -0.466 e. The molecule has 0 saturated carbocycles. The lowest BCUT2D eigenvalue weighted by molar-refractivity contribution is 0.483. The van der Waals surface area contributed by atoms with Crippen LogP contribution in [0.2, 0.25) is 0 Å². The first-order valence-electron chi connectivity index (χ1n) is 3.17. The van der Waals surface area contributed by atoms with Gasteiger partial charge in [0.25, 0.3) is 0 Å². The average molecular weight is 123 g/mol. The third-order valence-corrected chi connectivity index (χ3v) is 1.22. The molecule has 0 amide bonds. The molecule has 0 fully saturated rings. The first kappa shape index (κ1) is 6.40. The fourth-order valence-electron chi connectivity index (χ4n) is 0.794. The van der Waals surface area contributed by atoms with E-state index in [0.29, 0.717) is 0 Å². The van der Waals surface area contributed by atoms with E-state index in [9.17, 15) is 0 Å². The Morgan fingerprint density at radius 1 is 1.56 bits per heavy atom. The lowest BCUT2D eigenvalue weighted by Gasteiger charge is -1.87. The van der Waals surface area contributed by atoms with Gasteiger partial charge in [0.2, 0.25) is 0 Å².